The molecule has 3 aliphatic rings. The molecule has 3 fully saturated rings. The van der Waals surface area contributed by atoms with Crippen LogP contribution in [-0.4, -0.2) is 93.6 Å². The van der Waals surface area contributed by atoms with Crippen LogP contribution in [0.5, 0.6) is 0 Å². The molecule has 1 aliphatic carbocycles. The Morgan fingerprint density at radius 1 is 1.05 bits per heavy atom. The van der Waals surface area contributed by atoms with E-state index in [1.165, 1.54) is 10.1 Å². The number of anilines is 1. The summed E-state index contributed by atoms with van der Waals surface area (Å²) in [4.78, 5) is 47.7. The lowest BCUT2D eigenvalue weighted by Gasteiger charge is -2.37. The number of nitrogens with two attached hydrogens (primary N) is 2. The second-order valence-electron chi connectivity index (χ2n) is 11.8. The van der Waals surface area contributed by atoms with Gasteiger partial charge < -0.3 is 21.3 Å². The molecule has 11 nitrogen and oxygen atoms in total. The van der Waals surface area contributed by atoms with Crippen LogP contribution in [0.25, 0.3) is 5.69 Å². The van der Waals surface area contributed by atoms with E-state index in [9.17, 15) is 14.4 Å². The third kappa shape index (κ3) is 6.33. The van der Waals surface area contributed by atoms with Gasteiger partial charge in [-0.2, -0.15) is 4.98 Å². The molecule has 2 saturated heterocycles. The number of piperidine rings is 1. The fourth-order valence-electron chi connectivity index (χ4n) is 6.03. The van der Waals surface area contributed by atoms with E-state index in [4.69, 9.17) is 11.5 Å². The Balaban J connectivity index is 0.00000370. The fourth-order valence-corrected chi connectivity index (χ4v) is 6.03. The number of carbonyl (C=O) groups is 2. The number of hydrogen-bond donors (Lipinski definition) is 3. The minimum absolute atomic E-state index is 0. The van der Waals surface area contributed by atoms with Crippen LogP contribution in [0.15, 0.2) is 41.3 Å². The number of aromatic nitrogens is 2. The molecule has 218 valence electrons. The van der Waals surface area contributed by atoms with Gasteiger partial charge in [-0.3, -0.25) is 19.6 Å². The van der Waals surface area contributed by atoms with Gasteiger partial charge in [0.15, 0.2) is 0 Å². The molecule has 5 rings (SSSR count). The smallest absolute Gasteiger partial charge is 0.338 e. The molecule has 12 heteroatoms. The number of carbonyl (C=O) groups excluding carboxylic acids is 2. The molecule has 3 atom stereocenters. The van der Waals surface area contributed by atoms with E-state index < -0.39 is 11.2 Å². The first-order valence-electron chi connectivity index (χ1n) is 13.8. The highest BCUT2D eigenvalue weighted by Gasteiger charge is 2.55. The van der Waals surface area contributed by atoms with Gasteiger partial charge in [0.2, 0.25) is 5.91 Å². The highest BCUT2D eigenvalue weighted by atomic mass is 35.5. The van der Waals surface area contributed by atoms with Crippen molar-refractivity contribution in [1.29, 1.82) is 0 Å². The van der Waals surface area contributed by atoms with E-state index in [1.807, 2.05) is 12.1 Å². The van der Waals surface area contributed by atoms with Crippen molar-refractivity contribution in [3.05, 3.63) is 52.6 Å². The monoisotopic (exact) mass is 572 g/mol. The maximum Gasteiger partial charge on any atom is 0.354 e. The average Bonchev–Trinajstić information content (AvgIpc) is 3.38. The van der Waals surface area contributed by atoms with Crippen LogP contribution < -0.4 is 22.5 Å². The number of fused-ring (bicyclic) bond motifs is 1. The molecule has 0 spiro atoms. The van der Waals surface area contributed by atoms with Gasteiger partial charge in [-0.1, -0.05) is 12.1 Å². The summed E-state index contributed by atoms with van der Waals surface area (Å²) in [7, 11) is 0. The molecular weight excluding hydrogens is 532 g/mol. The highest BCUT2D eigenvalue weighted by Crippen LogP contribution is 2.51. The van der Waals surface area contributed by atoms with Gasteiger partial charge in [-0.05, 0) is 75.3 Å². The van der Waals surface area contributed by atoms with E-state index in [2.05, 4.69) is 34.3 Å². The molecule has 3 heterocycles. The Morgan fingerprint density at radius 2 is 1.65 bits per heavy atom. The first-order valence-corrected chi connectivity index (χ1v) is 13.8. The number of rotatable bonds is 7. The van der Waals surface area contributed by atoms with Gasteiger partial charge in [-0.25, -0.2) is 9.59 Å². The third-order valence-corrected chi connectivity index (χ3v) is 8.48. The molecule has 1 saturated carbocycles. The minimum Gasteiger partial charge on any atom is -0.338 e. The van der Waals surface area contributed by atoms with Crippen LogP contribution in [-0.2, 0) is 11.2 Å². The van der Waals surface area contributed by atoms with Gasteiger partial charge in [0.25, 0.3) is 0 Å². The van der Waals surface area contributed by atoms with E-state index in [0.717, 1.165) is 49.5 Å². The molecule has 3 amide bonds. The van der Waals surface area contributed by atoms with Crippen molar-refractivity contribution >= 4 is 30.2 Å². The Labute approximate surface area is 241 Å². The summed E-state index contributed by atoms with van der Waals surface area (Å²) in [5.74, 6) is 2.36. The molecular formula is C28H41ClN8O3. The van der Waals surface area contributed by atoms with Crippen molar-refractivity contribution in [2.75, 3.05) is 51.1 Å². The lowest BCUT2D eigenvalue weighted by atomic mass is 10.0. The molecule has 5 N–H and O–H groups in total. The van der Waals surface area contributed by atoms with Crippen molar-refractivity contribution in [2.24, 2.45) is 29.2 Å². The summed E-state index contributed by atoms with van der Waals surface area (Å²) in [6, 6.07) is 9.70. The van der Waals surface area contributed by atoms with Gasteiger partial charge in [0.1, 0.15) is 5.82 Å². The van der Waals surface area contributed by atoms with Crippen molar-refractivity contribution < 1.29 is 9.59 Å². The summed E-state index contributed by atoms with van der Waals surface area (Å²) in [5.41, 5.74) is 12.3. The zero-order valence-electron chi connectivity index (χ0n) is 23.5. The van der Waals surface area contributed by atoms with Crippen molar-refractivity contribution in [1.82, 2.24) is 24.3 Å². The molecule has 40 heavy (non-hydrogen) atoms. The van der Waals surface area contributed by atoms with Gasteiger partial charge >= 0.3 is 11.7 Å². The first kappa shape index (κ1) is 30.0. The van der Waals surface area contributed by atoms with Crippen LogP contribution in [0.1, 0.15) is 26.3 Å². The SMILES string of the molecule is CC(Cc1ccc(-n2ccc(NC(=O)N3CCN(C(=O)C(C)(C)N)CC3)nc2=O)cc1)N1CC2C(CN)C2C1.Cl. The quantitative estimate of drug-likeness (QED) is 0.451. The number of benzene rings is 1. The molecule has 0 radical (unpaired) electrons. The number of likely N-dealkylation sites (tertiary alicyclic amines) is 1. The number of piperazine rings is 1. The number of nitrogens with one attached hydrogen (secondary N) is 1. The van der Waals surface area contributed by atoms with Crippen molar-refractivity contribution in [3.63, 3.8) is 0 Å². The Hall–Kier alpha value is -2.99. The minimum atomic E-state index is -0.945. The number of hydrogen-bond acceptors (Lipinski definition) is 7. The van der Waals surface area contributed by atoms with Crippen molar-refractivity contribution in [2.45, 2.75) is 38.8 Å². The largest absolute Gasteiger partial charge is 0.354 e. The average molecular weight is 573 g/mol. The molecule has 2 aromatic rings. The number of amides is 3. The normalized spacial score (nSPS) is 23.3. The van der Waals surface area contributed by atoms with E-state index in [-0.39, 0.29) is 30.2 Å². The predicted octanol–water partition coefficient (Wildman–Crippen LogP) is 1.14. The maximum absolute atomic E-state index is 12.7. The van der Waals surface area contributed by atoms with Crippen LogP contribution >= 0.6 is 12.4 Å². The predicted molar refractivity (Wildman–Crippen MR) is 157 cm³/mol. The molecule has 1 aromatic heterocycles. The molecule has 0 bridgehead atoms. The van der Waals surface area contributed by atoms with Crippen LogP contribution in [0, 0.1) is 17.8 Å². The van der Waals surface area contributed by atoms with Crippen molar-refractivity contribution in [3.8, 4) is 5.69 Å². The number of urea groups is 1. The highest BCUT2D eigenvalue weighted by molar-refractivity contribution is 5.89. The Morgan fingerprint density at radius 3 is 2.20 bits per heavy atom. The zero-order chi connectivity index (χ0) is 27.9. The molecule has 3 unspecified atom stereocenters. The second kappa shape index (κ2) is 11.9. The zero-order valence-corrected chi connectivity index (χ0v) is 24.3. The van der Waals surface area contributed by atoms with Crippen LogP contribution in [0.3, 0.4) is 0 Å². The Bertz CT molecular complexity index is 1260. The van der Waals surface area contributed by atoms with E-state index in [0.29, 0.717) is 32.2 Å². The van der Waals surface area contributed by atoms with E-state index in [1.54, 1.807) is 35.9 Å². The maximum atomic E-state index is 12.7. The molecule has 1 aromatic carbocycles. The second-order valence-corrected chi connectivity index (χ2v) is 11.8. The van der Waals surface area contributed by atoms with Gasteiger partial charge in [0, 0.05) is 51.5 Å². The fraction of sp³-hybridized carbons (Fsp3) is 0.571. The summed E-state index contributed by atoms with van der Waals surface area (Å²) in [6.45, 7) is 10.3. The summed E-state index contributed by atoms with van der Waals surface area (Å²) >= 11 is 0. The summed E-state index contributed by atoms with van der Waals surface area (Å²) in [5, 5.41) is 2.70. The van der Waals surface area contributed by atoms with Crippen LogP contribution in [0.2, 0.25) is 0 Å². The number of halogens is 1. The standard InChI is InChI=1S/C28H40N8O3.ClH/c1-18(35-16-22-21(15-29)23(22)17-35)14-19-4-6-20(7-5-19)36-9-8-24(32-27(36)39)31-26(38)34-12-10-33(11-13-34)25(37)28(2,3)30;/h4-9,18,21-23H,10-17,29-30H2,1-3H3,(H,31,32,38,39);1H. The van der Waals surface area contributed by atoms with Crippen LogP contribution in [0.4, 0.5) is 10.6 Å². The summed E-state index contributed by atoms with van der Waals surface area (Å²) in [6.07, 6.45) is 2.57. The Kier molecular flexibility index (Phi) is 8.89. The topological polar surface area (TPSA) is 143 Å². The lowest BCUT2D eigenvalue weighted by Crippen LogP contribution is -2.58. The van der Waals surface area contributed by atoms with Gasteiger partial charge in [0.05, 0.1) is 11.2 Å². The lowest BCUT2D eigenvalue weighted by molar-refractivity contribution is -0.137. The number of nitrogens with zero attached hydrogens (tertiary/aromatic N) is 5. The molecule has 2 aliphatic heterocycles. The first-order chi connectivity index (χ1) is 18.5. The van der Waals surface area contributed by atoms with Gasteiger partial charge in [-0.15, -0.1) is 12.4 Å². The summed E-state index contributed by atoms with van der Waals surface area (Å²) < 4.78 is 1.46. The van der Waals surface area contributed by atoms with E-state index >= 15 is 0 Å². The third-order valence-electron chi connectivity index (χ3n) is 8.48.